The predicted octanol–water partition coefficient (Wildman–Crippen LogP) is 3.18. The van der Waals surface area contributed by atoms with Crippen LogP contribution in [0.25, 0.3) is 0 Å². The minimum absolute atomic E-state index is 0.418. The maximum absolute atomic E-state index is 12.9. The summed E-state index contributed by atoms with van der Waals surface area (Å²) in [4.78, 5) is 0. The molecule has 0 radical (unpaired) electrons. The fourth-order valence-corrected chi connectivity index (χ4v) is 3.74. The van der Waals surface area contributed by atoms with Gasteiger partial charge in [-0.25, -0.2) is 0 Å². The van der Waals surface area contributed by atoms with E-state index in [4.69, 9.17) is 19.7 Å². The molecule has 1 unspecified atom stereocenters. The number of hydrogen-bond donors (Lipinski definition) is 1. The zero-order valence-electron chi connectivity index (χ0n) is 12.6. The molecule has 116 valence electrons. The first-order chi connectivity index (χ1) is 9.14. The Morgan fingerprint density at radius 3 is 1.95 bits per heavy atom. The monoisotopic (exact) mass is 295 g/mol. The SMILES string of the molecule is CCCOC(OCCC)P(=O)(CCCN)OCCC. The Hall–Kier alpha value is 0.0700. The maximum atomic E-state index is 12.9. The average Bonchev–Trinajstić information content (AvgIpc) is 2.43. The highest BCUT2D eigenvalue weighted by molar-refractivity contribution is 7.59. The van der Waals surface area contributed by atoms with E-state index in [1.54, 1.807) is 0 Å². The first kappa shape index (κ1) is 19.1. The van der Waals surface area contributed by atoms with Gasteiger partial charge in [0.05, 0.1) is 19.8 Å². The summed E-state index contributed by atoms with van der Waals surface area (Å²) in [6.07, 6.45) is 3.61. The van der Waals surface area contributed by atoms with Crippen LogP contribution >= 0.6 is 7.37 Å². The summed E-state index contributed by atoms with van der Waals surface area (Å²) in [5, 5.41) is 0. The molecule has 0 aliphatic rings. The van der Waals surface area contributed by atoms with E-state index >= 15 is 0 Å². The lowest BCUT2D eigenvalue weighted by molar-refractivity contribution is -0.0963. The van der Waals surface area contributed by atoms with E-state index in [-0.39, 0.29) is 0 Å². The van der Waals surface area contributed by atoms with Gasteiger partial charge in [0.15, 0.2) is 0 Å². The van der Waals surface area contributed by atoms with Gasteiger partial charge in [-0.15, -0.1) is 0 Å². The molecule has 0 aromatic carbocycles. The highest BCUT2D eigenvalue weighted by atomic mass is 31.2. The molecule has 0 bridgehead atoms. The van der Waals surface area contributed by atoms with E-state index in [1.165, 1.54) is 0 Å². The van der Waals surface area contributed by atoms with E-state index in [0.29, 0.717) is 38.9 Å². The van der Waals surface area contributed by atoms with Gasteiger partial charge >= 0.3 is 0 Å². The van der Waals surface area contributed by atoms with Gasteiger partial charge in [-0.2, -0.15) is 0 Å². The molecule has 0 fully saturated rings. The first-order valence-electron chi connectivity index (χ1n) is 7.31. The molecule has 5 nitrogen and oxygen atoms in total. The number of nitrogens with two attached hydrogens (primary N) is 1. The van der Waals surface area contributed by atoms with Crippen LogP contribution in [-0.4, -0.2) is 38.6 Å². The highest BCUT2D eigenvalue weighted by Gasteiger charge is 2.35. The fourth-order valence-electron chi connectivity index (χ4n) is 1.50. The second kappa shape index (κ2) is 11.9. The lowest BCUT2D eigenvalue weighted by Crippen LogP contribution is -2.23. The summed E-state index contributed by atoms with van der Waals surface area (Å²) >= 11 is 0. The van der Waals surface area contributed by atoms with Crippen LogP contribution in [-0.2, 0) is 18.6 Å². The van der Waals surface area contributed by atoms with Gasteiger partial charge in [-0.3, -0.25) is 4.57 Å². The third-order valence-corrected chi connectivity index (χ3v) is 4.94. The molecule has 0 saturated heterocycles. The molecule has 0 aliphatic carbocycles. The van der Waals surface area contributed by atoms with Crippen LogP contribution in [0.2, 0.25) is 0 Å². The average molecular weight is 295 g/mol. The van der Waals surface area contributed by atoms with Crippen LogP contribution in [0.5, 0.6) is 0 Å². The fraction of sp³-hybridized carbons (Fsp3) is 1.00. The summed E-state index contributed by atoms with van der Waals surface area (Å²) in [7, 11) is -2.95. The second-order valence-electron chi connectivity index (χ2n) is 4.47. The van der Waals surface area contributed by atoms with Crippen molar-refractivity contribution in [2.24, 2.45) is 5.73 Å². The van der Waals surface area contributed by atoms with Gasteiger partial charge in [0, 0.05) is 6.16 Å². The molecule has 0 aromatic heterocycles. The molecular formula is C13H30NO4P. The topological polar surface area (TPSA) is 70.8 Å². The van der Waals surface area contributed by atoms with Crippen molar-refractivity contribution in [2.45, 2.75) is 52.5 Å². The Labute approximate surface area is 117 Å². The summed E-state index contributed by atoms with van der Waals surface area (Å²) in [5.41, 5.74) is 5.51. The van der Waals surface area contributed by atoms with Crippen molar-refractivity contribution in [3.8, 4) is 0 Å². The van der Waals surface area contributed by atoms with Crippen molar-refractivity contribution < 1.29 is 18.6 Å². The van der Waals surface area contributed by atoms with Crippen LogP contribution < -0.4 is 5.73 Å². The van der Waals surface area contributed by atoms with E-state index < -0.39 is 13.4 Å². The van der Waals surface area contributed by atoms with Crippen molar-refractivity contribution in [1.29, 1.82) is 0 Å². The van der Waals surface area contributed by atoms with Crippen molar-refractivity contribution in [2.75, 3.05) is 32.5 Å². The molecular weight excluding hydrogens is 265 g/mol. The summed E-state index contributed by atoms with van der Waals surface area (Å²) in [6, 6.07) is -0.745. The van der Waals surface area contributed by atoms with Gasteiger partial charge in [-0.1, -0.05) is 20.8 Å². The van der Waals surface area contributed by atoms with Crippen molar-refractivity contribution in [3.63, 3.8) is 0 Å². The van der Waals surface area contributed by atoms with Crippen LogP contribution in [0.1, 0.15) is 46.5 Å². The Bertz CT molecular complexity index is 231. The molecule has 0 rings (SSSR count). The standard InChI is InChI=1S/C13H30NO4P/c1-4-9-16-13(17-10-5-2)19(15,12-7-8-14)18-11-6-3/h13H,4-12,14H2,1-3H3. The van der Waals surface area contributed by atoms with E-state index in [1.807, 2.05) is 20.8 Å². The van der Waals surface area contributed by atoms with Crippen LogP contribution in [0.15, 0.2) is 0 Å². The van der Waals surface area contributed by atoms with E-state index in [9.17, 15) is 4.57 Å². The molecule has 0 saturated carbocycles. The summed E-state index contributed by atoms with van der Waals surface area (Å²) in [6.45, 7) is 8.01. The molecule has 6 heteroatoms. The van der Waals surface area contributed by atoms with E-state index in [0.717, 1.165) is 19.3 Å². The number of hydrogen-bond acceptors (Lipinski definition) is 5. The van der Waals surface area contributed by atoms with Crippen LogP contribution in [0, 0.1) is 0 Å². The van der Waals surface area contributed by atoms with Gasteiger partial charge in [0.1, 0.15) is 0 Å². The lowest BCUT2D eigenvalue weighted by atomic mass is 10.5. The maximum Gasteiger partial charge on any atom is 0.257 e. The van der Waals surface area contributed by atoms with Crippen LogP contribution in [0.3, 0.4) is 0 Å². The minimum Gasteiger partial charge on any atom is -0.344 e. The van der Waals surface area contributed by atoms with Gasteiger partial charge < -0.3 is 19.7 Å². The van der Waals surface area contributed by atoms with Gasteiger partial charge in [0.25, 0.3) is 7.37 Å². The van der Waals surface area contributed by atoms with Crippen LogP contribution in [0.4, 0.5) is 0 Å². The molecule has 0 aliphatic heterocycles. The molecule has 0 heterocycles. The molecule has 0 aromatic rings. The Balaban J connectivity index is 4.70. The second-order valence-corrected chi connectivity index (χ2v) is 7.05. The summed E-state index contributed by atoms with van der Waals surface area (Å²) < 4.78 is 29.7. The molecule has 1 atom stereocenters. The van der Waals surface area contributed by atoms with Crippen molar-refractivity contribution in [3.05, 3.63) is 0 Å². The first-order valence-corrected chi connectivity index (χ1v) is 9.19. The van der Waals surface area contributed by atoms with Gasteiger partial charge in [-0.05, 0) is 32.2 Å². The Kier molecular flexibility index (Phi) is 11.9. The lowest BCUT2D eigenvalue weighted by Gasteiger charge is -2.27. The molecule has 0 amide bonds. The van der Waals surface area contributed by atoms with Crippen molar-refractivity contribution >= 4 is 7.37 Å². The number of rotatable bonds is 13. The van der Waals surface area contributed by atoms with Crippen molar-refractivity contribution in [1.82, 2.24) is 0 Å². The molecule has 0 spiro atoms. The molecule has 19 heavy (non-hydrogen) atoms. The smallest absolute Gasteiger partial charge is 0.257 e. The highest BCUT2D eigenvalue weighted by Crippen LogP contribution is 2.53. The summed E-state index contributed by atoms with van der Waals surface area (Å²) in [5.74, 6) is 0. The predicted molar refractivity (Wildman–Crippen MR) is 78.7 cm³/mol. The van der Waals surface area contributed by atoms with Gasteiger partial charge in [0.2, 0.25) is 6.03 Å². The zero-order chi connectivity index (χ0) is 14.6. The number of ether oxygens (including phenoxy) is 2. The Morgan fingerprint density at radius 1 is 1.00 bits per heavy atom. The molecule has 2 N–H and O–H groups in total. The third-order valence-electron chi connectivity index (χ3n) is 2.44. The minimum atomic E-state index is -2.95. The third kappa shape index (κ3) is 8.05. The largest absolute Gasteiger partial charge is 0.344 e. The van der Waals surface area contributed by atoms with E-state index in [2.05, 4.69) is 0 Å². The quantitative estimate of drug-likeness (QED) is 0.417. The zero-order valence-corrected chi connectivity index (χ0v) is 13.5. The normalized spacial score (nSPS) is 14.8. The Morgan fingerprint density at radius 2 is 1.53 bits per heavy atom.